The fraction of sp³-hybridized carbons (Fsp3) is 0. The Hall–Kier alpha value is -8.26. The second-order valence-corrected chi connectivity index (χ2v) is 16.0. The molecule has 0 aliphatic heterocycles. The number of hydrogen-bond donors (Lipinski definition) is 0. The van der Waals surface area contributed by atoms with Gasteiger partial charge in [0.05, 0.1) is 0 Å². The molecule has 11 aromatic carbocycles. The zero-order chi connectivity index (χ0) is 42.0. The van der Waals surface area contributed by atoms with Gasteiger partial charge in [0.2, 0.25) is 0 Å². The Morgan fingerprint density at radius 3 is 1.08 bits per heavy atom. The topological polar surface area (TPSA) is 3.24 Å². The summed E-state index contributed by atoms with van der Waals surface area (Å²) in [5.41, 5.74) is 17.8. The van der Waals surface area contributed by atoms with Gasteiger partial charge in [0, 0.05) is 17.1 Å². The van der Waals surface area contributed by atoms with Crippen LogP contribution in [0.4, 0.5) is 17.1 Å². The van der Waals surface area contributed by atoms with Crippen molar-refractivity contribution < 1.29 is 0 Å². The average molecular weight is 802 g/mol. The molecular formula is C62H43N. The summed E-state index contributed by atoms with van der Waals surface area (Å²) in [7, 11) is 0. The average Bonchev–Trinajstić information content (AvgIpc) is 3.37. The zero-order valence-electron chi connectivity index (χ0n) is 34.8. The molecule has 0 amide bonds. The summed E-state index contributed by atoms with van der Waals surface area (Å²) >= 11 is 0. The Morgan fingerprint density at radius 1 is 0.190 bits per heavy atom. The number of nitrogens with zero attached hydrogens (tertiary/aromatic N) is 1. The lowest BCUT2D eigenvalue weighted by molar-refractivity contribution is 1.28. The largest absolute Gasteiger partial charge is 0.310 e. The lowest BCUT2D eigenvalue weighted by Gasteiger charge is -2.27. The molecule has 0 aromatic heterocycles. The van der Waals surface area contributed by atoms with Crippen LogP contribution in [-0.2, 0) is 0 Å². The van der Waals surface area contributed by atoms with Crippen LogP contribution in [0.15, 0.2) is 261 Å². The fourth-order valence-corrected chi connectivity index (χ4v) is 9.26. The minimum absolute atomic E-state index is 1.09. The van der Waals surface area contributed by atoms with Crippen molar-refractivity contribution in [3.05, 3.63) is 261 Å². The quantitative estimate of drug-likeness (QED) is 0.131. The summed E-state index contributed by atoms with van der Waals surface area (Å²) in [6.07, 6.45) is 0. The summed E-state index contributed by atoms with van der Waals surface area (Å²) in [5.74, 6) is 0. The third-order valence-electron chi connectivity index (χ3n) is 12.3. The van der Waals surface area contributed by atoms with Crippen LogP contribution in [0.25, 0.3) is 88.3 Å². The van der Waals surface area contributed by atoms with Gasteiger partial charge in [-0.1, -0.05) is 218 Å². The molecule has 0 aliphatic rings. The van der Waals surface area contributed by atoms with Crippen molar-refractivity contribution in [2.24, 2.45) is 0 Å². The summed E-state index contributed by atoms with van der Waals surface area (Å²) in [5, 5.41) is 5.00. The molecule has 296 valence electrons. The van der Waals surface area contributed by atoms with E-state index in [1.165, 1.54) is 88.3 Å². The van der Waals surface area contributed by atoms with Gasteiger partial charge in [0.1, 0.15) is 0 Å². The summed E-state index contributed by atoms with van der Waals surface area (Å²) in [6.45, 7) is 0. The van der Waals surface area contributed by atoms with E-state index in [2.05, 4.69) is 266 Å². The van der Waals surface area contributed by atoms with Crippen molar-refractivity contribution in [3.8, 4) is 66.8 Å². The molecule has 0 bridgehead atoms. The van der Waals surface area contributed by atoms with Gasteiger partial charge in [-0.05, 0) is 131 Å². The molecule has 63 heavy (non-hydrogen) atoms. The van der Waals surface area contributed by atoms with Crippen LogP contribution in [0.1, 0.15) is 0 Å². The van der Waals surface area contributed by atoms with Crippen molar-refractivity contribution in [3.63, 3.8) is 0 Å². The summed E-state index contributed by atoms with van der Waals surface area (Å²) < 4.78 is 0. The Morgan fingerprint density at radius 2 is 0.556 bits per heavy atom. The van der Waals surface area contributed by atoms with Gasteiger partial charge in [-0.25, -0.2) is 0 Å². The van der Waals surface area contributed by atoms with E-state index < -0.39 is 0 Å². The van der Waals surface area contributed by atoms with Gasteiger partial charge in [0.25, 0.3) is 0 Å². The van der Waals surface area contributed by atoms with Gasteiger partial charge < -0.3 is 4.90 Å². The molecule has 1 nitrogen and oxygen atoms in total. The lowest BCUT2D eigenvalue weighted by Crippen LogP contribution is -2.10. The van der Waals surface area contributed by atoms with E-state index in [9.17, 15) is 0 Å². The molecule has 0 heterocycles. The van der Waals surface area contributed by atoms with Crippen molar-refractivity contribution >= 4 is 38.6 Å². The standard InChI is InChI=1S/C62H43N/c1-6-18-44(19-7-1)45-30-35-52(36-31-45)63(54-39-41-55(47-20-8-2-9-21-47)59(43-54)48-22-10-3-11-23-48)53-37-32-46(33-38-53)51-34-40-58-60(42-51)56-28-16-17-29-57(56)61(49-24-12-4-13-25-49)62(58)50-26-14-5-15-27-50/h1-43H. The highest BCUT2D eigenvalue weighted by molar-refractivity contribution is 6.22. The predicted molar refractivity (Wildman–Crippen MR) is 269 cm³/mol. The molecule has 11 aromatic rings. The molecular weight excluding hydrogens is 759 g/mol. The number of fused-ring (bicyclic) bond motifs is 3. The molecule has 0 N–H and O–H groups in total. The maximum atomic E-state index is 2.39. The van der Waals surface area contributed by atoms with Crippen molar-refractivity contribution in [2.45, 2.75) is 0 Å². The highest BCUT2D eigenvalue weighted by Crippen LogP contribution is 2.46. The van der Waals surface area contributed by atoms with E-state index in [4.69, 9.17) is 0 Å². The van der Waals surface area contributed by atoms with Crippen molar-refractivity contribution in [1.82, 2.24) is 0 Å². The molecule has 0 fully saturated rings. The van der Waals surface area contributed by atoms with Crippen LogP contribution in [0, 0.1) is 0 Å². The Labute approximate surface area is 369 Å². The minimum Gasteiger partial charge on any atom is -0.310 e. The molecule has 0 unspecified atom stereocenters. The first-order valence-electron chi connectivity index (χ1n) is 21.7. The van der Waals surface area contributed by atoms with Gasteiger partial charge in [0.15, 0.2) is 0 Å². The van der Waals surface area contributed by atoms with Crippen LogP contribution in [0.2, 0.25) is 0 Å². The van der Waals surface area contributed by atoms with E-state index in [0.29, 0.717) is 0 Å². The normalized spacial score (nSPS) is 11.2. The molecule has 0 atom stereocenters. The van der Waals surface area contributed by atoms with Crippen LogP contribution in [0.5, 0.6) is 0 Å². The third kappa shape index (κ3) is 7.26. The highest BCUT2D eigenvalue weighted by atomic mass is 15.1. The molecule has 1 heteroatoms. The summed E-state index contributed by atoms with van der Waals surface area (Å²) in [6, 6.07) is 94.5. The minimum atomic E-state index is 1.09. The first-order valence-corrected chi connectivity index (χ1v) is 21.7. The highest BCUT2D eigenvalue weighted by Gasteiger charge is 2.20. The van der Waals surface area contributed by atoms with E-state index >= 15 is 0 Å². The smallest absolute Gasteiger partial charge is 0.0468 e. The number of rotatable bonds is 9. The van der Waals surface area contributed by atoms with E-state index in [1.54, 1.807) is 0 Å². The van der Waals surface area contributed by atoms with Crippen molar-refractivity contribution in [2.75, 3.05) is 4.90 Å². The molecule has 0 saturated carbocycles. The van der Waals surface area contributed by atoms with Gasteiger partial charge in [-0.15, -0.1) is 0 Å². The molecule has 0 saturated heterocycles. The number of benzene rings is 11. The van der Waals surface area contributed by atoms with Gasteiger partial charge in [-0.3, -0.25) is 0 Å². The van der Waals surface area contributed by atoms with Crippen LogP contribution < -0.4 is 4.90 Å². The molecule has 0 spiro atoms. The lowest BCUT2D eigenvalue weighted by atomic mass is 9.84. The predicted octanol–water partition coefficient (Wildman–Crippen LogP) is 17.5. The van der Waals surface area contributed by atoms with Crippen LogP contribution >= 0.6 is 0 Å². The number of hydrogen-bond acceptors (Lipinski definition) is 1. The third-order valence-corrected chi connectivity index (χ3v) is 12.3. The van der Waals surface area contributed by atoms with Gasteiger partial charge in [-0.2, -0.15) is 0 Å². The first-order chi connectivity index (χ1) is 31.3. The Bertz CT molecular complexity index is 3320. The van der Waals surface area contributed by atoms with E-state index in [1.807, 2.05) is 0 Å². The maximum Gasteiger partial charge on any atom is 0.0468 e. The fourth-order valence-electron chi connectivity index (χ4n) is 9.26. The first kappa shape index (κ1) is 37.7. The van der Waals surface area contributed by atoms with Crippen molar-refractivity contribution in [1.29, 1.82) is 0 Å². The molecule has 0 radical (unpaired) electrons. The summed E-state index contributed by atoms with van der Waals surface area (Å²) in [4.78, 5) is 2.38. The zero-order valence-corrected chi connectivity index (χ0v) is 34.8. The molecule has 11 rings (SSSR count). The SMILES string of the molecule is c1ccc(-c2ccc(N(c3ccc(-c4ccc5c(-c6ccccc6)c(-c6ccccc6)c6ccccc6c5c4)cc3)c3ccc(-c4ccccc4)c(-c4ccccc4)c3)cc2)cc1. The van der Waals surface area contributed by atoms with Crippen LogP contribution in [-0.4, -0.2) is 0 Å². The monoisotopic (exact) mass is 801 g/mol. The van der Waals surface area contributed by atoms with Crippen LogP contribution in [0.3, 0.4) is 0 Å². The van der Waals surface area contributed by atoms with E-state index in [0.717, 1.165) is 17.1 Å². The van der Waals surface area contributed by atoms with Gasteiger partial charge >= 0.3 is 0 Å². The second-order valence-electron chi connectivity index (χ2n) is 16.0. The Balaban J connectivity index is 1.05. The van der Waals surface area contributed by atoms with E-state index in [-0.39, 0.29) is 0 Å². The number of anilines is 3. The Kier molecular flexibility index (Phi) is 9.97. The maximum absolute atomic E-state index is 2.39. The molecule has 0 aliphatic carbocycles. The second kappa shape index (κ2) is 16.7.